The maximum atomic E-state index is 11.8. The molecule has 0 aliphatic rings. The third-order valence-corrected chi connectivity index (χ3v) is 2.94. The summed E-state index contributed by atoms with van der Waals surface area (Å²) in [6, 6.07) is 9.92. The van der Waals surface area contributed by atoms with Gasteiger partial charge in [-0.05, 0) is 26.8 Å². The van der Waals surface area contributed by atoms with Crippen LogP contribution in [0, 0.1) is 11.3 Å². The van der Waals surface area contributed by atoms with Crippen molar-refractivity contribution in [3.63, 3.8) is 0 Å². The molecule has 0 fully saturated rings. The van der Waals surface area contributed by atoms with Gasteiger partial charge < -0.3 is 10.2 Å². The topological polar surface area (TPSA) is 57.3 Å². The maximum absolute atomic E-state index is 11.8. The molecule has 2 N–H and O–H groups in total. The van der Waals surface area contributed by atoms with Gasteiger partial charge in [-0.15, -0.1) is 0 Å². The molecule has 1 amide bonds. The summed E-state index contributed by atoms with van der Waals surface area (Å²) in [5.74, 6) is 0.0567. The molecular weight excluding hydrogens is 238 g/mol. The molecule has 0 heterocycles. The molecule has 0 bridgehead atoms. The highest BCUT2D eigenvalue weighted by molar-refractivity contribution is 5.77. The highest BCUT2D eigenvalue weighted by atomic mass is 16.2. The van der Waals surface area contributed by atoms with E-state index in [-0.39, 0.29) is 11.9 Å². The number of carbonyl (C=O) groups is 1. The summed E-state index contributed by atoms with van der Waals surface area (Å²) in [7, 11) is 0. The zero-order valence-corrected chi connectivity index (χ0v) is 11.9. The first kappa shape index (κ1) is 15.2. The van der Waals surface area contributed by atoms with Gasteiger partial charge in [0.1, 0.15) is 6.54 Å². The van der Waals surface area contributed by atoms with Crippen molar-refractivity contribution >= 4 is 5.91 Å². The van der Waals surface area contributed by atoms with Crippen LogP contribution in [-0.2, 0) is 11.3 Å². The first-order valence-electron chi connectivity index (χ1n) is 6.67. The highest BCUT2D eigenvalue weighted by Gasteiger charge is 2.15. The summed E-state index contributed by atoms with van der Waals surface area (Å²) in [4.78, 5) is 12.9. The summed E-state index contributed by atoms with van der Waals surface area (Å²) in [6.07, 6.45) is 0. The number of quaternary nitrogens is 1. The Bertz CT molecular complexity index is 463. The number of likely N-dealkylation sites (N-methyl/N-ethyl adjacent to an activating group) is 1. The first-order valence-corrected chi connectivity index (χ1v) is 6.67. The molecule has 0 saturated carbocycles. The lowest BCUT2D eigenvalue weighted by atomic mass is 10.1. The first-order chi connectivity index (χ1) is 9.06. The average molecular weight is 260 g/mol. The van der Waals surface area contributed by atoms with Crippen molar-refractivity contribution in [1.29, 1.82) is 5.26 Å². The molecule has 1 aromatic rings. The van der Waals surface area contributed by atoms with Gasteiger partial charge in [-0.1, -0.05) is 18.2 Å². The Morgan fingerprint density at radius 2 is 2.11 bits per heavy atom. The van der Waals surface area contributed by atoms with E-state index >= 15 is 0 Å². The van der Waals surface area contributed by atoms with Gasteiger partial charge in [0.25, 0.3) is 5.91 Å². The second-order valence-electron chi connectivity index (χ2n) is 4.95. The molecular formula is C15H22N3O+. The molecule has 1 unspecified atom stereocenters. The van der Waals surface area contributed by atoms with Crippen LogP contribution in [0.5, 0.6) is 0 Å². The van der Waals surface area contributed by atoms with E-state index in [0.717, 1.165) is 17.0 Å². The van der Waals surface area contributed by atoms with Gasteiger partial charge in [0.2, 0.25) is 0 Å². The van der Waals surface area contributed by atoms with Crippen molar-refractivity contribution in [2.24, 2.45) is 0 Å². The fourth-order valence-corrected chi connectivity index (χ4v) is 1.97. The Kier molecular flexibility index (Phi) is 6.04. The quantitative estimate of drug-likeness (QED) is 0.782. The molecule has 102 valence electrons. The average Bonchev–Trinajstić information content (AvgIpc) is 2.37. The van der Waals surface area contributed by atoms with Crippen LogP contribution in [0.1, 0.15) is 31.9 Å². The SMILES string of the molecule is CC[NH+](CC(=O)NC(C)C)Cc1ccccc1C#N. The normalized spacial score (nSPS) is 11.9. The van der Waals surface area contributed by atoms with E-state index in [4.69, 9.17) is 5.26 Å². The number of amides is 1. The summed E-state index contributed by atoms with van der Waals surface area (Å²) < 4.78 is 0. The Labute approximate surface area is 115 Å². The van der Waals surface area contributed by atoms with Crippen LogP contribution in [0.25, 0.3) is 0 Å². The lowest BCUT2D eigenvalue weighted by molar-refractivity contribution is -0.904. The van der Waals surface area contributed by atoms with Gasteiger partial charge in [-0.2, -0.15) is 5.26 Å². The third-order valence-electron chi connectivity index (χ3n) is 2.94. The molecule has 0 spiro atoms. The van der Waals surface area contributed by atoms with E-state index in [0.29, 0.717) is 18.7 Å². The summed E-state index contributed by atoms with van der Waals surface area (Å²) in [6.45, 7) is 7.95. The van der Waals surface area contributed by atoms with E-state index in [1.165, 1.54) is 0 Å². The summed E-state index contributed by atoms with van der Waals surface area (Å²) in [5, 5.41) is 12.0. The smallest absolute Gasteiger partial charge is 0.275 e. The number of hydrogen-bond acceptors (Lipinski definition) is 2. The zero-order valence-electron chi connectivity index (χ0n) is 11.9. The number of benzene rings is 1. The third kappa shape index (κ3) is 5.11. The molecule has 4 heteroatoms. The molecule has 1 atom stereocenters. The van der Waals surface area contributed by atoms with Crippen molar-refractivity contribution in [3.8, 4) is 6.07 Å². The fraction of sp³-hybridized carbons (Fsp3) is 0.467. The maximum Gasteiger partial charge on any atom is 0.275 e. The number of hydrogen-bond donors (Lipinski definition) is 2. The Balaban J connectivity index is 2.67. The van der Waals surface area contributed by atoms with E-state index in [1.807, 2.05) is 45.0 Å². The second-order valence-corrected chi connectivity index (χ2v) is 4.95. The van der Waals surface area contributed by atoms with Crippen LogP contribution in [0.3, 0.4) is 0 Å². The number of carbonyl (C=O) groups excluding carboxylic acids is 1. The van der Waals surface area contributed by atoms with E-state index in [2.05, 4.69) is 11.4 Å². The van der Waals surface area contributed by atoms with Gasteiger partial charge >= 0.3 is 0 Å². The molecule has 19 heavy (non-hydrogen) atoms. The second kappa shape index (κ2) is 7.55. The number of nitrogens with zero attached hydrogens (tertiary/aromatic N) is 1. The molecule has 0 aromatic heterocycles. The Morgan fingerprint density at radius 1 is 1.42 bits per heavy atom. The van der Waals surface area contributed by atoms with E-state index in [1.54, 1.807) is 0 Å². The predicted octanol–water partition coefficient (Wildman–Crippen LogP) is 0.488. The fourth-order valence-electron chi connectivity index (χ4n) is 1.97. The predicted molar refractivity (Wildman–Crippen MR) is 74.5 cm³/mol. The van der Waals surface area contributed by atoms with Crippen molar-refractivity contribution in [2.45, 2.75) is 33.4 Å². The summed E-state index contributed by atoms with van der Waals surface area (Å²) in [5.41, 5.74) is 1.69. The van der Waals surface area contributed by atoms with Gasteiger partial charge in [-0.3, -0.25) is 4.79 Å². The molecule has 0 aliphatic carbocycles. The van der Waals surface area contributed by atoms with E-state index < -0.39 is 0 Å². The van der Waals surface area contributed by atoms with Crippen molar-refractivity contribution in [2.75, 3.05) is 13.1 Å². The van der Waals surface area contributed by atoms with Crippen LogP contribution < -0.4 is 10.2 Å². The minimum Gasteiger partial charge on any atom is -0.349 e. The lowest BCUT2D eigenvalue weighted by Gasteiger charge is -2.18. The lowest BCUT2D eigenvalue weighted by Crippen LogP contribution is -3.11. The molecule has 1 aromatic carbocycles. The number of nitrogens with one attached hydrogen (secondary N) is 2. The highest BCUT2D eigenvalue weighted by Crippen LogP contribution is 2.05. The zero-order chi connectivity index (χ0) is 14.3. The number of rotatable bonds is 6. The van der Waals surface area contributed by atoms with Gasteiger partial charge in [0.15, 0.2) is 6.54 Å². The van der Waals surface area contributed by atoms with Crippen LogP contribution in [0.2, 0.25) is 0 Å². The summed E-state index contributed by atoms with van der Waals surface area (Å²) >= 11 is 0. The van der Waals surface area contributed by atoms with Crippen molar-refractivity contribution < 1.29 is 9.69 Å². The largest absolute Gasteiger partial charge is 0.349 e. The molecule has 0 saturated heterocycles. The molecule has 0 aliphatic heterocycles. The van der Waals surface area contributed by atoms with Crippen molar-refractivity contribution in [1.82, 2.24) is 5.32 Å². The molecule has 4 nitrogen and oxygen atoms in total. The van der Waals surface area contributed by atoms with Gasteiger partial charge in [-0.25, -0.2) is 0 Å². The van der Waals surface area contributed by atoms with Crippen LogP contribution in [0.15, 0.2) is 24.3 Å². The Hall–Kier alpha value is -1.86. The van der Waals surface area contributed by atoms with Gasteiger partial charge in [0, 0.05) is 11.6 Å². The minimum absolute atomic E-state index is 0.0567. The standard InChI is InChI=1S/C15H21N3O/c1-4-18(11-15(19)17-12(2)3)10-14-8-6-5-7-13(14)9-16/h5-8,12H,4,10-11H2,1-3H3,(H,17,19)/p+1. The molecule has 1 rings (SSSR count). The van der Waals surface area contributed by atoms with Crippen LogP contribution in [0.4, 0.5) is 0 Å². The van der Waals surface area contributed by atoms with E-state index in [9.17, 15) is 4.79 Å². The monoisotopic (exact) mass is 260 g/mol. The van der Waals surface area contributed by atoms with Crippen molar-refractivity contribution in [3.05, 3.63) is 35.4 Å². The van der Waals surface area contributed by atoms with Crippen LogP contribution >= 0.6 is 0 Å². The Morgan fingerprint density at radius 3 is 2.68 bits per heavy atom. The molecule has 0 radical (unpaired) electrons. The number of nitriles is 1. The van der Waals surface area contributed by atoms with Gasteiger partial charge in [0.05, 0.1) is 18.2 Å². The minimum atomic E-state index is 0.0567. The van der Waals surface area contributed by atoms with Crippen LogP contribution in [-0.4, -0.2) is 25.0 Å².